The first-order chi connectivity index (χ1) is 6.94. The van der Waals surface area contributed by atoms with Crippen LogP contribution in [-0.2, 0) is 9.59 Å². The fraction of sp³-hybridized carbons (Fsp3) is 0.636. The van der Waals surface area contributed by atoms with Crippen LogP contribution in [0.5, 0.6) is 0 Å². The minimum Gasteiger partial charge on any atom is -0.324 e. The Labute approximate surface area is 89.1 Å². The fourth-order valence-electron chi connectivity index (χ4n) is 2.07. The zero-order valence-electron chi connectivity index (χ0n) is 9.17. The molecule has 82 valence electrons. The molecule has 2 N–H and O–H groups in total. The summed E-state index contributed by atoms with van der Waals surface area (Å²) in [7, 11) is 0. The lowest BCUT2D eigenvalue weighted by Crippen LogP contribution is -2.56. The molecule has 0 aromatic heterocycles. The molecule has 2 aliphatic rings. The Bertz CT molecular complexity index is 343. The zero-order valence-corrected chi connectivity index (χ0v) is 9.17. The van der Waals surface area contributed by atoms with Gasteiger partial charge in [0.05, 0.1) is 0 Å². The van der Waals surface area contributed by atoms with Gasteiger partial charge in [0.1, 0.15) is 0 Å². The van der Waals surface area contributed by atoms with Gasteiger partial charge in [-0.05, 0) is 33.1 Å². The second kappa shape index (κ2) is 3.17. The molecule has 0 radical (unpaired) electrons. The van der Waals surface area contributed by atoms with Gasteiger partial charge in [0.15, 0.2) is 0 Å². The van der Waals surface area contributed by atoms with Crippen molar-refractivity contribution in [3.8, 4) is 0 Å². The van der Waals surface area contributed by atoms with Crippen molar-refractivity contribution in [2.45, 2.75) is 38.6 Å². The SMILES string of the molecule is CC1=C(C)C(=O)N(CC2(N)CCC2)C1=O. The van der Waals surface area contributed by atoms with E-state index in [1.54, 1.807) is 13.8 Å². The summed E-state index contributed by atoms with van der Waals surface area (Å²) in [5.41, 5.74) is 6.83. The number of amides is 2. The molecule has 4 nitrogen and oxygen atoms in total. The van der Waals surface area contributed by atoms with Gasteiger partial charge in [0.2, 0.25) is 0 Å². The van der Waals surface area contributed by atoms with Crippen LogP contribution >= 0.6 is 0 Å². The van der Waals surface area contributed by atoms with Gasteiger partial charge in [-0.1, -0.05) is 0 Å². The van der Waals surface area contributed by atoms with E-state index in [1.807, 2.05) is 0 Å². The highest BCUT2D eigenvalue weighted by molar-refractivity contribution is 6.18. The van der Waals surface area contributed by atoms with Crippen molar-refractivity contribution in [3.63, 3.8) is 0 Å². The molecule has 0 bridgehead atoms. The van der Waals surface area contributed by atoms with Crippen LogP contribution in [0.25, 0.3) is 0 Å². The number of nitrogens with two attached hydrogens (primary N) is 1. The summed E-state index contributed by atoms with van der Waals surface area (Å²) in [6, 6.07) is 0. The largest absolute Gasteiger partial charge is 0.324 e. The van der Waals surface area contributed by atoms with Crippen LogP contribution in [0.4, 0.5) is 0 Å². The summed E-state index contributed by atoms with van der Waals surface area (Å²) in [6.45, 7) is 3.76. The van der Waals surface area contributed by atoms with Crippen molar-refractivity contribution in [2.75, 3.05) is 6.54 Å². The number of imide groups is 1. The van der Waals surface area contributed by atoms with E-state index in [-0.39, 0.29) is 17.4 Å². The van der Waals surface area contributed by atoms with Crippen LogP contribution in [-0.4, -0.2) is 28.8 Å². The minimum atomic E-state index is -0.323. The molecule has 2 amide bonds. The Hall–Kier alpha value is -1.16. The Morgan fingerprint density at radius 1 is 1.20 bits per heavy atom. The van der Waals surface area contributed by atoms with E-state index in [4.69, 9.17) is 5.73 Å². The molecule has 15 heavy (non-hydrogen) atoms. The molecule has 0 aromatic rings. The molecule has 2 rings (SSSR count). The lowest BCUT2D eigenvalue weighted by atomic mass is 9.77. The van der Waals surface area contributed by atoms with Gasteiger partial charge in [0, 0.05) is 23.2 Å². The predicted molar refractivity (Wildman–Crippen MR) is 55.9 cm³/mol. The molecule has 0 unspecified atom stereocenters. The van der Waals surface area contributed by atoms with Crippen molar-refractivity contribution in [2.24, 2.45) is 5.73 Å². The van der Waals surface area contributed by atoms with Gasteiger partial charge in [-0.3, -0.25) is 14.5 Å². The van der Waals surface area contributed by atoms with Gasteiger partial charge >= 0.3 is 0 Å². The average Bonchev–Trinajstić information content (AvgIpc) is 2.33. The van der Waals surface area contributed by atoms with E-state index < -0.39 is 0 Å². The molecule has 1 fully saturated rings. The first kappa shape index (κ1) is 10.4. The Morgan fingerprint density at radius 2 is 1.67 bits per heavy atom. The van der Waals surface area contributed by atoms with Crippen molar-refractivity contribution in [1.29, 1.82) is 0 Å². The van der Waals surface area contributed by atoms with Crippen molar-refractivity contribution in [3.05, 3.63) is 11.1 Å². The third kappa shape index (κ3) is 1.49. The topological polar surface area (TPSA) is 63.4 Å². The molecule has 1 heterocycles. The zero-order chi connectivity index (χ0) is 11.2. The number of carbonyl (C=O) groups is 2. The summed E-state index contributed by atoms with van der Waals surface area (Å²) in [5, 5.41) is 0. The standard InChI is InChI=1S/C11H16N2O2/c1-7-8(2)10(15)13(9(7)14)6-11(12)4-3-5-11/h3-6,12H2,1-2H3. The number of nitrogens with zero attached hydrogens (tertiary/aromatic N) is 1. The van der Waals surface area contributed by atoms with Crippen LogP contribution in [0, 0.1) is 0 Å². The maximum Gasteiger partial charge on any atom is 0.256 e. The monoisotopic (exact) mass is 208 g/mol. The summed E-state index contributed by atoms with van der Waals surface area (Å²) in [6.07, 6.45) is 2.91. The number of rotatable bonds is 2. The fourth-order valence-corrected chi connectivity index (χ4v) is 2.07. The summed E-state index contributed by atoms with van der Waals surface area (Å²) in [5.74, 6) is -0.344. The normalized spacial score (nSPS) is 24.9. The molecule has 1 aliphatic carbocycles. The van der Waals surface area contributed by atoms with Crippen LogP contribution in [0.15, 0.2) is 11.1 Å². The molecule has 0 spiro atoms. The molecular formula is C11H16N2O2. The highest BCUT2D eigenvalue weighted by Gasteiger charge is 2.41. The highest BCUT2D eigenvalue weighted by atomic mass is 16.2. The molecule has 1 saturated carbocycles. The lowest BCUT2D eigenvalue weighted by molar-refractivity contribution is -0.139. The van der Waals surface area contributed by atoms with Gasteiger partial charge in [-0.15, -0.1) is 0 Å². The van der Waals surface area contributed by atoms with Crippen LogP contribution in [0.2, 0.25) is 0 Å². The Balaban J connectivity index is 2.13. The van der Waals surface area contributed by atoms with Gasteiger partial charge in [0.25, 0.3) is 11.8 Å². The second-order valence-electron chi connectivity index (χ2n) is 4.66. The van der Waals surface area contributed by atoms with Crippen LogP contribution in [0.1, 0.15) is 33.1 Å². The van der Waals surface area contributed by atoms with Gasteiger partial charge in [-0.25, -0.2) is 0 Å². The average molecular weight is 208 g/mol. The van der Waals surface area contributed by atoms with Crippen LogP contribution in [0.3, 0.4) is 0 Å². The first-order valence-electron chi connectivity index (χ1n) is 5.27. The summed E-state index contributed by atoms with van der Waals surface area (Å²) >= 11 is 0. The maximum absolute atomic E-state index is 11.7. The molecule has 0 atom stereocenters. The molecular weight excluding hydrogens is 192 g/mol. The molecule has 1 aliphatic heterocycles. The van der Waals surface area contributed by atoms with E-state index in [2.05, 4.69) is 0 Å². The maximum atomic E-state index is 11.7. The molecule has 0 aromatic carbocycles. The Kier molecular flexibility index (Phi) is 2.19. The first-order valence-corrected chi connectivity index (χ1v) is 5.27. The molecule has 4 heteroatoms. The molecule has 0 saturated heterocycles. The minimum absolute atomic E-state index is 0.172. The number of hydrogen-bond acceptors (Lipinski definition) is 3. The summed E-state index contributed by atoms with van der Waals surface area (Å²) in [4.78, 5) is 24.8. The van der Waals surface area contributed by atoms with Gasteiger partial charge < -0.3 is 5.73 Å². The van der Waals surface area contributed by atoms with E-state index >= 15 is 0 Å². The third-order valence-electron chi connectivity index (χ3n) is 3.52. The lowest BCUT2D eigenvalue weighted by Gasteiger charge is -2.40. The number of carbonyl (C=O) groups excluding carboxylic acids is 2. The number of hydrogen-bond donors (Lipinski definition) is 1. The second-order valence-corrected chi connectivity index (χ2v) is 4.66. The summed E-state index contributed by atoms with van der Waals surface area (Å²) < 4.78 is 0. The van der Waals surface area contributed by atoms with E-state index in [0.29, 0.717) is 17.7 Å². The smallest absolute Gasteiger partial charge is 0.256 e. The quantitative estimate of drug-likeness (QED) is 0.675. The van der Waals surface area contributed by atoms with E-state index in [0.717, 1.165) is 19.3 Å². The van der Waals surface area contributed by atoms with Crippen LogP contribution < -0.4 is 5.73 Å². The van der Waals surface area contributed by atoms with E-state index in [9.17, 15) is 9.59 Å². The van der Waals surface area contributed by atoms with Crippen molar-refractivity contribution in [1.82, 2.24) is 4.90 Å². The Morgan fingerprint density at radius 3 is 2.00 bits per heavy atom. The van der Waals surface area contributed by atoms with E-state index in [1.165, 1.54) is 4.90 Å². The van der Waals surface area contributed by atoms with Gasteiger partial charge in [-0.2, -0.15) is 0 Å². The van der Waals surface area contributed by atoms with Crippen molar-refractivity contribution < 1.29 is 9.59 Å². The van der Waals surface area contributed by atoms with Crippen molar-refractivity contribution >= 4 is 11.8 Å². The predicted octanol–water partition coefficient (Wildman–Crippen LogP) is 0.573. The third-order valence-corrected chi connectivity index (χ3v) is 3.52. The highest BCUT2D eigenvalue weighted by Crippen LogP contribution is 2.32.